The van der Waals surface area contributed by atoms with Crippen molar-refractivity contribution in [2.24, 2.45) is 0 Å². The van der Waals surface area contributed by atoms with E-state index < -0.39 is 20.6 Å². The second kappa shape index (κ2) is 11.0. The fourth-order valence-corrected chi connectivity index (χ4v) is 4.81. The number of hydrogen-bond donors (Lipinski definition) is 1. The molecule has 35 heavy (non-hydrogen) atoms. The topological polar surface area (TPSA) is 85.4 Å². The van der Waals surface area contributed by atoms with Crippen LogP contribution in [-0.2, 0) is 21.2 Å². The monoisotopic (exact) mass is 504 g/mol. The summed E-state index contributed by atoms with van der Waals surface area (Å²) in [5, 5.41) is 2.91. The lowest BCUT2D eigenvalue weighted by Crippen LogP contribution is -2.28. The molecule has 6 nitrogen and oxygen atoms in total. The molecule has 0 atom stereocenters. The van der Waals surface area contributed by atoms with Gasteiger partial charge < -0.3 is 10.1 Å². The number of hydrogen-bond acceptors (Lipinski definition) is 5. The van der Waals surface area contributed by atoms with Crippen LogP contribution in [0.5, 0.6) is 11.5 Å². The number of nitrogens with zero attached hydrogens (tertiary/aromatic N) is 1. The Morgan fingerprint density at radius 3 is 2.20 bits per heavy atom. The molecule has 0 fully saturated rings. The van der Waals surface area contributed by atoms with Crippen molar-refractivity contribution in [3.05, 3.63) is 124 Å². The van der Waals surface area contributed by atoms with Gasteiger partial charge in [0.15, 0.2) is 0 Å². The minimum Gasteiger partial charge on any atom is -0.457 e. The third kappa shape index (κ3) is 6.15. The maximum Gasteiger partial charge on any atom is 0.263 e. The molecule has 1 amide bonds. The SMILES string of the molecule is O=C(NCc1ccncc1)/C(=C\c1ccc(Oc2ccccc2)cc1Cl)S(=O)(=O)c1ccccc1. The summed E-state index contributed by atoms with van der Waals surface area (Å²) in [6, 6.07) is 25.3. The lowest BCUT2D eigenvalue weighted by Gasteiger charge is -2.12. The average Bonchev–Trinajstić information content (AvgIpc) is 2.88. The Hall–Kier alpha value is -3.94. The highest BCUT2D eigenvalue weighted by Crippen LogP contribution is 2.30. The normalized spacial score (nSPS) is 11.6. The zero-order valence-electron chi connectivity index (χ0n) is 18.5. The maximum atomic E-state index is 13.4. The molecule has 0 unspecified atom stereocenters. The zero-order chi connectivity index (χ0) is 24.7. The molecule has 0 spiro atoms. The number of carbonyl (C=O) groups is 1. The van der Waals surface area contributed by atoms with Gasteiger partial charge in [0.1, 0.15) is 16.4 Å². The van der Waals surface area contributed by atoms with Gasteiger partial charge in [0.25, 0.3) is 5.91 Å². The van der Waals surface area contributed by atoms with Gasteiger partial charge in [-0.25, -0.2) is 8.42 Å². The Morgan fingerprint density at radius 1 is 0.886 bits per heavy atom. The van der Waals surface area contributed by atoms with E-state index in [0.717, 1.165) is 5.56 Å². The van der Waals surface area contributed by atoms with E-state index in [2.05, 4.69) is 10.3 Å². The molecule has 4 aromatic rings. The molecule has 1 heterocycles. The smallest absolute Gasteiger partial charge is 0.263 e. The summed E-state index contributed by atoms with van der Waals surface area (Å²) in [4.78, 5) is 16.6. The molecule has 1 aromatic heterocycles. The Kier molecular flexibility index (Phi) is 7.60. The van der Waals surface area contributed by atoms with E-state index in [-0.39, 0.29) is 16.5 Å². The second-order valence-corrected chi connectivity index (χ2v) is 9.79. The van der Waals surface area contributed by atoms with E-state index in [1.54, 1.807) is 73.1 Å². The Bertz CT molecular complexity index is 1440. The number of rotatable bonds is 8. The van der Waals surface area contributed by atoms with Crippen molar-refractivity contribution in [3.63, 3.8) is 0 Å². The van der Waals surface area contributed by atoms with Crippen LogP contribution in [0, 0.1) is 0 Å². The van der Waals surface area contributed by atoms with Crippen molar-refractivity contribution < 1.29 is 17.9 Å². The van der Waals surface area contributed by atoms with Crippen LogP contribution in [0.25, 0.3) is 6.08 Å². The van der Waals surface area contributed by atoms with Crippen LogP contribution in [0.1, 0.15) is 11.1 Å². The number of sulfone groups is 1. The van der Waals surface area contributed by atoms with Crippen LogP contribution in [0.4, 0.5) is 0 Å². The van der Waals surface area contributed by atoms with E-state index >= 15 is 0 Å². The fourth-order valence-electron chi connectivity index (χ4n) is 3.22. The third-order valence-corrected chi connectivity index (χ3v) is 7.11. The molecule has 0 radical (unpaired) electrons. The van der Waals surface area contributed by atoms with E-state index in [4.69, 9.17) is 16.3 Å². The number of benzene rings is 3. The van der Waals surface area contributed by atoms with Crippen LogP contribution >= 0.6 is 11.6 Å². The van der Waals surface area contributed by atoms with Crippen LogP contribution in [0.15, 0.2) is 113 Å². The summed E-state index contributed by atoms with van der Waals surface area (Å²) < 4.78 is 32.6. The minimum atomic E-state index is -4.13. The van der Waals surface area contributed by atoms with E-state index in [9.17, 15) is 13.2 Å². The van der Waals surface area contributed by atoms with E-state index in [1.165, 1.54) is 18.2 Å². The lowest BCUT2D eigenvalue weighted by atomic mass is 10.2. The van der Waals surface area contributed by atoms with Crippen LogP contribution in [0.3, 0.4) is 0 Å². The molecule has 0 aliphatic carbocycles. The van der Waals surface area contributed by atoms with Gasteiger partial charge in [0.05, 0.1) is 9.92 Å². The molecule has 0 aliphatic rings. The lowest BCUT2D eigenvalue weighted by molar-refractivity contribution is -0.116. The Morgan fingerprint density at radius 2 is 1.54 bits per heavy atom. The molecular formula is C27H21ClN2O4S. The highest BCUT2D eigenvalue weighted by molar-refractivity contribution is 7.96. The Labute approximate surface area is 208 Å². The molecule has 0 aliphatic heterocycles. The molecule has 3 aromatic carbocycles. The van der Waals surface area contributed by atoms with Crippen molar-refractivity contribution in [2.45, 2.75) is 11.4 Å². The van der Waals surface area contributed by atoms with Gasteiger partial charge in [-0.15, -0.1) is 0 Å². The van der Waals surface area contributed by atoms with Gasteiger partial charge in [-0.05, 0) is 71.8 Å². The van der Waals surface area contributed by atoms with Crippen molar-refractivity contribution in [2.75, 3.05) is 0 Å². The van der Waals surface area contributed by atoms with Gasteiger partial charge in [0.2, 0.25) is 9.84 Å². The van der Waals surface area contributed by atoms with Crippen molar-refractivity contribution in [1.82, 2.24) is 10.3 Å². The van der Waals surface area contributed by atoms with Crippen molar-refractivity contribution >= 4 is 33.4 Å². The molecule has 4 rings (SSSR count). The van der Waals surface area contributed by atoms with Crippen molar-refractivity contribution in [3.8, 4) is 11.5 Å². The molecule has 0 bridgehead atoms. The first-order valence-electron chi connectivity index (χ1n) is 10.6. The maximum absolute atomic E-state index is 13.4. The van der Waals surface area contributed by atoms with E-state index in [0.29, 0.717) is 17.1 Å². The van der Waals surface area contributed by atoms with Gasteiger partial charge in [0, 0.05) is 18.9 Å². The molecule has 0 saturated heterocycles. The standard InChI is InChI=1S/C27H21ClN2O4S/c28-25-18-23(34-22-7-3-1-4-8-22)12-11-21(25)17-26(35(32,33)24-9-5-2-6-10-24)27(31)30-19-20-13-15-29-16-14-20/h1-18H,19H2,(H,30,31)/b26-17+. The summed E-state index contributed by atoms with van der Waals surface area (Å²) in [6.45, 7) is 0.139. The highest BCUT2D eigenvalue weighted by atomic mass is 35.5. The van der Waals surface area contributed by atoms with Gasteiger partial charge in [-0.1, -0.05) is 48.0 Å². The van der Waals surface area contributed by atoms with E-state index in [1.807, 2.05) is 18.2 Å². The summed E-state index contributed by atoms with van der Waals surface area (Å²) in [6.07, 6.45) is 4.47. The molecule has 176 valence electrons. The molecular weight excluding hydrogens is 484 g/mol. The number of aromatic nitrogens is 1. The van der Waals surface area contributed by atoms with Crippen LogP contribution in [0.2, 0.25) is 5.02 Å². The molecule has 1 N–H and O–H groups in total. The zero-order valence-corrected chi connectivity index (χ0v) is 20.0. The minimum absolute atomic E-state index is 0.00506. The largest absolute Gasteiger partial charge is 0.457 e. The third-order valence-electron chi connectivity index (χ3n) is 5.01. The highest BCUT2D eigenvalue weighted by Gasteiger charge is 2.27. The molecule has 8 heteroatoms. The quantitative estimate of drug-likeness (QED) is 0.313. The number of ether oxygens (including phenoxy) is 1. The first kappa shape index (κ1) is 24.2. The predicted molar refractivity (Wildman–Crippen MR) is 136 cm³/mol. The summed E-state index contributed by atoms with van der Waals surface area (Å²) >= 11 is 6.46. The summed E-state index contributed by atoms with van der Waals surface area (Å²) in [5.41, 5.74) is 1.14. The number of amides is 1. The summed E-state index contributed by atoms with van der Waals surface area (Å²) in [5.74, 6) is 0.369. The van der Waals surface area contributed by atoms with Crippen molar-refractivity contribution in [1.29, 1.82) is 0 Å². The van der Waals surface area contributed by atoms with Gasteiger partial charge in [-0.3, -0.25) is 9.78 Å². The fraction of sp³-hybridized carbons (Fsp3) is 0.0370. The number of pyridine rings is 1. The van der Waals surface area contributed by atoms with Crippen LogP contribution < -0.4 is 10.1 Å². The first-order valence-corrected chi connectivity index (χ1v) is 12.5. The van der Waals surface area contributed by atoms with Crippen LogP contribution in [-0.4, -0.2) is 19.3 Å². The first-order chi connectivity index (χ1) is 16.9. The predicted octanol–water partition coefficient (Wildman–Crippen LogP) is 5.66. The Balaban J connectivity index is 1.67. The number of halogens is 1. The summed E-state index contributed by atoms with van der Waals surface area (Å²) in [7, 11) is -4.13. The average molecular weight is 505 g/mol. The van der Waals surface area contributed by atoms with Gasteiger partial charge >= 0.3 is 0 Å². The second-order valence-electron chi connectivity index (χ2n) is 7.46. The molecule has 0 saturated carbocycles. The number of nitrogens with one attached hydrogen (secondary N) is 1. The van der Waals surface area contributed by atoms with Gasteiger partial charge in [-0.2, -0.15) is 0 Å². The number of carbonyl (C=O) groups excluding carboxylic acids is 1. The number of para-hydroxylation sites is 1.